The summed E-state index contributed by atoms with van der Waals surface area (Å²) < 4.78 is 5.18. The minimum absolute atomic E-state index is 0.354. The number of amides is 1. The highest BCUT2D eigenvalue weighted by atomic mass is 16.6. The lowest BCUT2D eigenvalue weighted by atomic mass is 9.95. The second-order valence-corrected chi connectivity index (χ2v) is 6.39. The van der Waals surface area contributed by atoms with Gasteiger partial charge in [-0.15, -0.1) is 0 Å². The maximum Gasteiger partial charge on any atom is 0.407 e. The molecule has 0 aromatic heterocycles. The zero-order valence-electron chi connectivity index (χ0n) is 12.2. The first kappa shape index (κ1) is 16.2. The number of ether oxygens (including phenoxy) is 1. The van der Waals surface area contributed by atoms with Crippen molar-refractivity contribution in [3.8, 4) is 0 Å². The molecule has 1 fully saturated rings. The van der Waals surface area contributed by atoms with Crippen molar-refractivity contribution in [2.75, 3.05) is 6.61 Å². The van der Waals surface area contributed by atoms with Crippen LogP contribution in [0.1, 0.15) is 52.9 Å². The summed E-state index contributed by atoms with van der Waals surface area (Å²) in [7, 11) is 0. The van der Waals surface area contributed by atoms with Gasteiger partial charge in [0.2, 0.25) is 0 Å². The molecule has 19 heavy (non-hydrogen) atoms. The van der Waals surface area contributed by atoms with Gasteiger partial charge in [0.15, 0.2) is 0 Å². The topological polar surface area (TPSA) is 78.8 Å². The lowest BCUT2D eigenvalue weighted by Crippen LogP contribution is -2.47. The highest BCUT2D eigenvalue weighted by Gasteiger charge is 2.28. The first-order chi connectivity index (χ1) is 8.81. The Labute approximate surface area is 115 Å². The third kappa shape index (κ3) is 6.25. The minimum Gasteiger partial charge on any atom is -0.444 e. The van der Waals surface area contributed by atoms with E-state index in [1.54, 1.807) is 20.8 Å². The van der Waals surface area contributed by atoms with Gasteiger partial charge >= 0.3 is 6.09 Å². The van der Waals surface area contributed by atoms with E-state index in [1.165, 1.54) is 12.8 Å². The zero-order chi connectivity index (χ0) is 14.5. The first-order valence-electron chi connectivity index (χ1n) is 7.10. The summed E-state index contributed by atoms with van der Waals surface area (Å²) in [6.07, 6.45) is 3.89. The number of nitrogens with one attached hydrogen (secondary N) is 1. The van der Waals surface area contributed by atoms with Crippen LogP contribution in [0, 0.1) is 5.92 Å². The van der Waals surface area contributed by atoms with Crippen molar-refractivity contribution in [1.29, 1.82) is 0 Å². The van der Waals surface area contributed by atoms with Crippen molar-refractivity contribution in [2.24, 2.45) is 5.92 Å². The zero-order valence-corrected chi connectivity index (χ0v) is 12.2. The van der Waals surface area contributed by atoms with E-state index >= 15 is 0 Å². The maximum absolute atomic E-state index is 11.7. The monoisotopic (exact) mass is 273 g/mol. The molecule has 0 saturated heterocycles. The van der Waals surface area contributed by atoms with E-state index in [9.17, 15) is 9.90 Å². The molecule has 3 N–H and O–H groups in total. The third-order valence-electron chi connectivity index (χ3n) is 3.42. The standard InChI is InChI=1S/C14H27NO4/c1-14(2,3)19-13(18)15-11(12(17)9-16)8-10-6-4-5-7-10/h10-12,16-17H,4-9H2,1-3H3,(H,15,18)/t11-,12+/m0/s1. The Morgan fingerprint density at radius 2 is 1.95 bits per heavy atom. The van der Waals surface area contributed by atoms with E-state index in [4.69, 9.17) is 9.84 Å². The average molecular weight is 273 g/mol. The number of rotatable bonds is 5. The molecular weight excluding hydrogens is 246 g/mol. The molecule has 1 aliphatic carbocycles. The summed E-state index contributed by atoms with van der Waals surface area (Å²) in [5, 5.41) is 21.6. The van der Waals surface area contributed by atoms with Gasteiger partial charge < -0.3 is 20.3 Å². The second-order valence-electron chi connectivity index (χ2n) is 6.39. The molecule has 0 aromatic rings. The third-order valence-corrected chi connectivity index (χ3v) is 3.42. The van der Waals surface area contributed by atoms with Crippen LogP contribution in [0.25, 0.3) is 0 Å². The fourth-order valence-corrected chi connectivity index (χ4v) is 2.50. The van der Waals surface area contributed by atoms with E-state index in [0.717, 1.165) is 12.8 Å². The second kappa shape index (κ2) is 7.10. The summed E-state index contributed by atoms with van der Waals surface area (Å²) in [4.78, 5) is 11.7. The number of hydrogen-bond donors (Lipinski definition) is 3. The van der Waals surface area contributed by atoms with Crippen LogP contribution >= 0.6 is 0 Å². The number of carbonyl (C=O) groups is 1. The molecule has 5 heteroatoms. The van der Waals surface area contributed by atoms with Gasteiger partial charge in [-0.1, -0.05) is 25.7 Å². The SMILES string of the molecule is CC(C)(C)OC(=O)N[C@@H](CC1CCCC1)[C@H](O)CO. The molecule has 0 unspecified atom stereocenters. The Bertz CT molecular complexity index is 282. The van der Waals surface area contributed by atoms with Gasteiger partial charge in [0.25, 0.3) is 0 Å². The molecule has 0 radical (unpaired) electrons. The van der Waals surface area contributed by atoms with Crippen molar-refractivity contribution in [2.45, 2.75) is 70.6 Å². The normalized spacial score (nSPS) is 20.1. The highest BCUT2D eigenvalue weighted by Crippen LogP contribution is 2.29. The van der Waals surface area contributed by atoms with E-state index in [-0.39, 0.29) is 6.61 Å². The summed E-state index contributed by atoms with van der Waals surface area (Å²) in [5.74, 6) is 0.515. The molecular formula is C14H27NO4. The van der Waals surface area contributed by atoms with E-state index in [1.807, 2.05) is 0 Å². The van der Waals surface area contributed by atoms with Gasteiger partial charge in [-0.25, -0.2) is 4.79 Å². The van der Waals surface area contributed by atoms with Crippen LogP contribution in [0.5, 0.6) is 0 Å². The Morgan fingerprint density at radius 1 is 1.37 bits per heavy atom. The molecule has 1 rings (SSSR count). The molecule has 2 atom stereocenters. The number of aliphatic hydroxyl groups excluding tert-OH is 2. The molecule has 0 bridgehead atoms. The Kier molecular flexibility index (Phi) is 6.07. The van der Waals surface area contributed by atoms with Gasteiger partial charge in [0.1, 0.15) is 5.60 Å². The molecule has 1 amide bonds. The molecule has 0 spiro atoms. The van der Waals surface area contributed by atoms with Gasteiger partial charge in [0, 0.05) is 0 Å². The van der Waals surface area contributed by atoms with Crippen molar-refractivity contribution in [1.82, 2.24) is 5.32 Å². The van der Waals surface area contributed by atoms with Crippen LogP contribution in [0.2, 0.25) is 0 Å². The van der Waals surface area contributed by atoms with Crippen LogP contribution < -0.4 is 5.32 Å². The van der Waals surface area contributed by atoms with Crippen molar-refractivity contribution in [3.63, 3.8) is 0 Å². The quantitative estimate of drug-likeness (QED) is 0.714. The fourth-order valence-electron chi connectivity index (χ4n) is 2.50. The van der Waals surface area contributed by atoms with Crippen LogP contribution in [0.15, 0.2) is 0 Å². The van der Waals surface area contributed by atoms with E-state index < -0.39 is 23.8 Å². The fraction of sp³-hybridized carbons (Fsp3) is 0.929. The highest BCUT2D eigenvalue weighted by molar-refractivity contribution is 5.68. The smallest absolute Gasteiger partial charge is 0.407 e. The number of alkyl carbamates (subject to hydrolysis) is 1. The Hall–Kier alpha value is -0.810. The predicted molar refractivity (Wildman–Crippen MR) is 72.8 cm³/mol. The number of hydrogen-bond acceptors (Lipinski definition) is 4. The summed E-state index contributed by atoms with van der Waals surface area (Å²) in [6.45, 7) is 5.02. The van der Waals surface area contributed by atoms with Gasteiger partial charge in [-0.05, 0) is 33.1 Å². The van der Waals surface area contributed by atoms with Crippen LogP contribution in [-0.4, -0.2) is 40.7 Å². The van der Waals surface area contributed by atoms with Crippen molar-refractivity contribution < 1.29 is 19.7 Å². The van der Waals surface area contributed by atoms with Gasteiger partial charge in [-0.3, -0.25) is 0 Å². The predicted octanol–water partition coefficient (Wildman–Crippen LogP) is 1.81. The van der Waals surface area contributed by atoms with E-state index in [0.29, 0.717) is 12.3 Å². The largest absolute Gasteiger partial charge is 0.444 e. The van der Waals surface area contributed by atoms with Gasteiger partial charge in [0.05, 0.1) is 18.8 Å². The lowest BCUT2D eigenvalue weighted by molar-refractivity contribution is 0.0279. The Balaban J connectivity index is 2.51. The lowest BCUT2D eigenvalue weighted by Gasteiger charge is -2.27. The molecule has 1 saturated carbocycles. The molecule has 1 aliphatic rings. The number of aliphatic hydroxyl groups is 2. The summed E-state index contributed by atoms with van der Waals surface area (Å²) >= 11 is 0. The average Bonchev–Trinajstić information content (AvgIpc) is 2.77. The molecule has 5 nitrogen and oxygen atoms in total. The number of carbonyl (C=O) groups excluding carboxylic acids is 1. The molecule has 0 heterocycles. The minimum atomic E-state index is -0.937. The summed E-state index contributed by atoms with van der Waals surface area (Å²) in [5.41, 5.74) is -0.563. The van der Waals surface area contributed by atoms with Crippen molar-refractivity contribution >= 4 is 6.09 Å². The molecule has 112 valence electrons. The van der Waals surface area contributed by atoms with Crippen LogP contribution in [-0.2, 0) is 4.74 Å². The molecule has 0 aliphatic heterocycles. The van der Waals surface area contributed by atoms with Crippen LogP contribution in [0.4, 0.5) is 4.79 Å². The molecule has 0 aromatic carbocycles. The van der Waals surface area contributed by atoms with E-state index in [2.05, 4.69) is 5.32 Å². The van der Waals surface area contributed by atoms with Gasteiger partial charge in [-0.2, -0.15) is 0 Å². The Morgan fingerprint density at radius 3 is 2.42 bits per heavy atom. The summed E-state index contributed by atoms with van der Waals surface area (Å²) in [6, 6.07) is -0.442. The maximum atomic E-state index is 11.7. The van der Waals surface area contributed by atoms with Crippen LogP contribution in [0.3, 0.4) is 0 Å². The first-order valence-corrected chi connectivity index (χ1v) is 7.10. The van der Waals surface area contributed by atoms with Crippen molar-refractivity contribution in [3.05, 3.63) is 0 Å².